The fourth-order valence-electron chi connectivity index (χ4n) is 1.90. The van der Waals surface area contributed by atoms with Crippen molar-refractivity contribution < 1.29 is 29.0 Å². The molecule has 2 atom stereocenters. The molecule has 1 heterocycles. The maximum absolute atomic E-state index is 12.2. The number of amides is 2. The Morgan fingerprint density at radius 1 is 1.48 bits per heavy atom. The average molecular weight is 302 g/mol. The number of nitrogens with one attached hydrogen (secondary N) is 1. The summed E-state index contributed by atoms with van der Waals surface area (Å²) in [6.07, 6.45) is -0.108. The lowest BCUT2D eigenvalue weighted by molar-refractivity contribution is -0.145. The van der Waals surface area contributed by atoms with E-state index in [1.807, 2.05) is 0 Å². The van der Waals surface area contributed by atoms with E-state index in [9.17, 15) is 14.4 Å². The van der Waals surface area contributed by atoms with E-state index in [1.165, 1.54) is 18.9 Å². The van der Waals surface area contributed by atoms with Crippen LogP contribution in [0.3, 0.4) is 0 Å². The standard InChI is InChI=1S/C13H22N2O6/c1-4-13(2,11(17)18)14-12(19)15-5-6-21-9(8-15)7-10(16)20-3/h9H,4-8H2,1-3H3,(H,14,19)(H,17,18). The summed E-state index contributed by atoms with van der Waals surface area (Å²) >= 11 is 0. The summed E-state index contributed by atoms with van der Waals surface area (Å²) in [6.45, 7) is 4.02. The van der Waals surface area contributed by atoms with Crippen molar-refractivity contribution in [3.63, 3.8) is 0 Å². The Hall–Kier alpha value is -1.83. The zero-order chi connectivity index (χ0) is 16.0. The highest BCUT2D eigenvalue weighted by Gasteiger charge is 2.35. The number of carbonyl (C=O) groups excluding carboxylic acids is 2. The summed E-state index contributed by atoms with van der Waals surface area (Å²) < 4.78 is 9.96. The predicted molar refractivity (Wildman–Crippen MR) is 72.8 cm³/mol. The van der Waals surface area contributed by atoms with Crippen LogP contribution < -0.4 is 5.32 Å². The van der Waals surface area contributed by atoms with Gasteiger partial charge >= 0.3 is 18.0 Å². The third-order valence-corrected chi connectivity index (χ3v) is 3.61. The van der Waals surface area contributed by atoms with Crippen LogP contribution in [0.15, 0.2) is 0 Å². The summed E-state index contributed by atoms with van der Waals surface area (Å²) in [4.78, 5) is 36.0. The van der Waals surface area contributed by atoms with Crippen LogP contribution in [0, 0.1) is 0 Å². The van der Waals surface area contributed by atoms with Crippen LogP contribution in [-0.2, 0) is 19.1 Å². The number of hydrogen-bond acceptors (Lipinski definition) is 5. The SMILES string of the molecule is CCC(C)(NC(=O)N1CCOC(CC(=O)OC)C1)C(=O)O. The molecular weight excluding hydrogens is 280 g/mol. The Bertz CT molecular complexity index is 413. The summed E-state index contributed by atoms with van der Waals surface area (Å²) in [6, 6.07) is -0.472. The molecule has 2 N–H and O–H groups in total. The Morgan fingerprint density at radius 2 is 2.14 bits per heavy atom. The molecule has 2 unspecified atom stereocenters. The molecule has 0 aliphatic carbocycles. The summed E-state index contributed by atoms with van der Waals surface area (Å²) in [5.41, 5.74) is -1.31. The number of hydrogen-bond donors (Lipinski definition) is 2. The van der Waals surface area contributed by atoms with Gasteiger partial charge in [0.15, 0.2) is 0 Å². The highest BCUT2D eigenvalue weighted by atomic mass is 16.5. The normalized spacial score (nSPS) is 21.3. The zero-order valence-corrected chi connectivity index (χ0v) is 12.5. The molecule has 8 nitrogen and oxygen atoms in total. The van der Waals surface area contributed by atoms with Crippen molar-refractivity contribution in [2.75, 3.05) is 26.8 Å². The van der Waals surface area contributed by atoms with E-state index in [4.69, 9.17) is 9.84 Å². The number of ether oxygens (including phenoxy) is 2. The van der Waals surface area contributed by atoms with Crippen molar-refractivity contribution >= 4 is 18.0 Å². The smallest absolute Gasteiger partial charge is 0.329 e. The zero-order valence-electron chi connectivity index (χ0n) is 12.5. The van der Waals surface area contributed by atoms with Crippen LogP contribution in [0.5, 0.6) is 0 Å². The lowest BCUT2D eigenvalue weighted by Gasteiger charge is -2.35. The third kappa shape index (κ3) is 4.59. The van der Waals surface area contributed by atoms with E-state index in [-0.39, 0.29) is 19.4 Å². The van der Waals surface area contributed by atoms with Gasteiger partial charge in [0, 0.05) is 13.1 Å². The molecule has 0 aromatic carbocycles. The molecule has 0 radical (unpaired) electrons. The van der Waals surface area contributed by atoms with Gasteiger partial charge in [0.05, 0.1) is 26.2 Å². The molecule has 1 aliphatic heterocycles. The lowest BCUT2D eigenvalue weighted by atomic mass is 9.99. The molecule has 0 bridgehead atoms. The van der Waals surface area contributed by atoms with Crippen LogP contribution in [0.1, 0.15) is 26.7 Å². The number of carboxylic acid groups (broad SMARTS) is 1. The molecule has 0 aromatic heterocycles. The van der Waals surface area contributed by atoms with Gasteiger partial charge in [0.1, 0.15) is 5.54 Å². The predicted octanol–water partition coefficient (Wildman–Crippen LogP) is 0.213. The van der Waals surface area contributed by atoms with E-state index in [0.29, 0.717) is 13.2 Å². The second-order valence-electron chi connectivity index (χ2n) is 5.14. The van der Waals surface area contributed by atoms with E-state index in [2.05, 4.69) is 10.1 Å². The maximum atomic E-state index is 12.2. The second-order valence-corrected chi connectivity index (χ2v) is 5.14. The van der Waals surface area contributed by atoms with Crippen molar-refractivity contribution in [1.82, 2.24) is 10.2 Å². The van der Waals surface area contributed by atoms with Gasteiger partial charge in [-0.1, -0.05) is 6.92 Å². The van der Waals surface area contributed by atoms with Gasteiger partial charge in [0.2, 0.25) is 0 Å². The third-order valence-electron chi connectivity index (χ3n) is 3.61. The molecule has 0 saturated carbocycles. The molecule has 8 heteroatoms. The number of esters is 1. The summed E-state index contributed by atoms with van der Waals surface area (Å²) in [5.74, 6) is -1.50. The van der Waals surface area contributed by atoms with Gasteiger partial charge in [-0.05, 0) is 13.3 Å². The monoisotopic (exact) mass is 302 g/mol. The Labute approximate surface area is 123 Å². The first-order valence-electron chi connectivity index (χ1n) is 6.81. The van der Waals surface area contributed by atoms with Crippen molar-refractivity contribution in [2.24, 2.45) is 0 Å². The topological polar surface area (TPSA) is 105 Å². The molecule has 21 heavy (non-hydrogen) atoms. The number of methoxy groups -OCH3 is 1. The summed E-state index contributed by atoms with van der Waals surface area (Å²) in [7, 11) is 1.29. The minimum Gasteiger partial charge on any atom is -0.480 e. The minimum atomic E-state index is -1.31. The van der Waals surface area contributed by atoms with Crippen molar-refractivity contribution in [1.29, 1.82) is 0 Å². The average Bonchev–Trinajstić information content (AvgIpc) is 2.46. The highest BCUT2D eigenvalue weighted by Crippen LogP contribution is 2.13. The fourth-order valence-corrected chi connectivity index (χ4v) is 1.90. The van der Waals surface area contributed by atoms with Crippen LogP contribution in [0.2, 0.25) is 0 Å². The van der Waals surface area contributed by atoms with Crippen molar-refractivity contribution in [3.05, 3.63) is 0 Å². The second kappa shape index (κ2) is 7.26. The van der Waals surface area contributed by atoms with Gasteiger partial charge in [-0.2, -0.15) is 0 Å². The molecule has 120 valence electrons. The first-order chi connectivity index (χ1) is 9.82. The van der Waals surface area contributed by atoms with Gasteiger partial charge in [0.25, 0.3) is 0 Å². The van der Waals surface area contributed by atoms with Crippen LogP contribution >= 0.6 is 0 Å². The first kappa shape index (κ1) is 17.2. The number of nitrogens with zero attached hydrogens (tertiary/aromatic N) is 1. The molecule has 1 rings (SSSR count). The van der Waals surface area contributed by atoms with Gasteiger partial charge in [-0.15, -0.1) is 0 Å². The fraction of sp³-hybridized carbons (Fsp3) is 0.769. The number of urea groups is 1. The molecule has 2 amide bonds. The largest absolute Gasteiger partial charge is 0.480 e. The Morgan fingerprint density at radius 3 is 2.67 bits per heavy atom. The van der Waals surface area contributed by atoms with Crippen LogP contribution in [-0.4, -0.2) is 66.4 Å². The number of carboxylic acids is 1. The lowest BCUT2D eigenvalue weighted by Crippen LogP contribution is -2.58. The maximum Gasteiger partial charge on any atom is 0.329 e. The number of rotatable bonds is 5. The van der Waals surface area contributed by atoms with Crippen LogP contribution in [0.4, 0.5) is 4.79 Å². The molecular formula is C13H22N2O6. The molecule has 1 aliphatic rings. The first-order valence-corrected chi connectivity index (χ1v) is 6.81. The number of morpholine rings is 1. The molecule has 0 spiro atoms. The van der Waals surface area contributed by atoms with E-state index >= 15 is 0 Å². The van der Waals surface area contributed by atoms with Gasteiger partial charge < -0.3 is 24.8 Å². The number of carbonyl (C=O) groups is 3. The Balaban J connectivity index is 2.61. The van der Waals surface area contributed by atoms with E-state index in [1.54, 1.807) is 6.92 Å². The van der Waals surface area contributed by atoms with Gasteiger partial charge in [-0.25, -0.2) is 9.59 Å². The van der Waals surface area contributed by atoms with Crippen molar-refractivity contribution in [2.45, 2.75) is 38.3 Å². The minimum absolute atomic E-state index is 0.0598. The quantitative estimate of drug-likeness (QED) is 0.704. The Kier molecular flexibility index (Phi) is 5.95. The van der Waals surface area contributed by atoms with E-state index < -0.39 is 29.6 Å². The molecule has 1 fully saturated rings. The van der Waals surface area contributed by atoms with Crippen molar-refractivity contribution in [3.8, 4) is 0 Å². The van der Waals surface area contributed by atoms with E-state index in [0.717, 1.165) is 0 Å². The summed E-state index contributed by atoms with van der Waals surface area (Å²) in [5, 5.41) is 11.7. The van der Waals surface area contributed by atoms with Gasteiger partial charge in [-0.3, -0.25) is 4.79 Å². The highest BCUT2D eigenvalue weighted by molar-refractivity contribution is 5.86. The van der Waals surface area contributed by atoms with Crippen LogP contribution in [0.25, 0.3) is 0 Å². The molecule has 1 saturated heterocycles. The number of aliphatic carboxylic acids is 1. The molecule has 0 aromatic rings.